The predicted octanol–water partition coefficient (Wildman–Crippen LogP) is 1.80. The molecule has 0 amide bonds. The monoisotopic (exact) mass is 191 g/mol. The van der Waals surface area contributed by atoms with Crippen LogP contribution in [0.2, 0.25) is 0 Å². The summed E-state index contributed by atoms with van der Waals surface area (Å²) in [6.45, 7) is 0. The van der Waals surface area contributed by atoms with E-state index in [1.807, 2.05) is 0 Å². The molecular weight excluding hydrogens is 185 g/mol. The molecule has 1 aromatic carbocycles. The van der Waals surface area contributed by atoms with Gasteiger partial charge in [-0.1, -0.05) is 6.07 Å². The van der Waals surface area contributed by atoms with Crippen LogP contribution in [0.4, 0.5) is 4.39 Å². The molecule has 0 aliphatic heterocycles. The summed E-state index contributed by atoms with van der Waals surface area (Å²) in [6.07, 6.45) is 2.16. The number of carbonyl (C=O) groups is 1. The second-order valence-electron chi connectivity index (χ2n) is 2.52. The van der Waals surface area contributed by atoms with Gasteiger partial charge in [-0.05, 0) is 23.8 Å². The standard InChI is InChI=1S/C10H6FNO2/c11-9-5-7(2-4-10(13)14)1-3-8(9)6-12/h1-5H,(H,13,14)/b4-2+. The Morgan fingerprint density at radius 3 is 2.79 bits per heavy atom. The number of hydrogen-bond acceptors (Lipinski definition) is 2. The van der Waals surface area contributed by atoms with E-state index in [1.54, 1.807) is 6.07 Å². The molecule has 0 fully saturated rings. The third-order valence-electron chi connectivity index (χ3n) is 1.53. The number of nitrogens with zero attached hydrogens (tertiary/aromatic N) is 1. The van der Waals surface area contributed by atoms with Gasteiger partial charge in [0.15, 0.2) is 0 Å². The van der Waals surface area contributed by atoms with Gasteiger partial charge in [0.05, 0.1) is 5.56 Å². The van der Waals surface area contributed by atoms with Crippen molar-refractivity contribution in [3.63, 3.8) is 0 Å². The van der Waals surface area contributed by atoms with Gasteiger partial charge in [-0.15, -0.1) is 0 Å². The molecule has 1 rings (SSSR count). The Bertz CT molecular complexity index is 432. The molecule has 0 unspecified atom stereocenters. The molecule has 0 heterocycles. The molecule has 0 spiro atoms. The van der Waals surface area contributed by atoms with Crippen molar-refractivity contribution >= 4 is 12.0 Å². The third kappa shape index (κ3) is 2.42. The van der Waals surface area contributed by atoms with Gasteiger partial charge in [0.2, 0.25) is 0 Å². The van der Waals surface area contributed by atoms with E-state index in [0.29, 0.717) is 5.56 Å². The van der Waals surface area contributed by atoms with E-state index in [9.17, 15) is 9.18 Å². The summed E-state index contributed by atoms with van der Waals surface area (Å²) in [5.74, 6) is -1.75. The van der Waals surface area contributed by atoms with Crippen LogP contribution in [0.1, 0.15) is 11.1 Å². The molecule has 0 saturated heterocycles. The van der Waals surface area contributed by atoms with Crippen molar-refractivity contribution in [2.24, 2.45) is 0 Å². The van der Waals surface area contributed by atoms with E-state index < -0.39 is 11.8 Å². The highest BCUT2D eigenvalue weighted by atomic mass is 19.1. The molecule has 1 aromatic rings. The first-order valence-electron chi connectivity index (χ1n) is 3.74. The van der Waals surface area contributed by atoms with Gasteiger partial charge < -0.3 is 5.11 Å². The largest absolute Gasteiger partial charge is 0.478 e. The fourth-order valence-corrected chi connectivity index (χ4v) is 0.893. The summed E-state index contributed by atoms with van der Waals surface area (Å²) < 4.78 is 13.0. The number of hydrogen-bond donors (Lipinski definition) is 1. The van der Waals surface area contributed by atoms with Gasteiger partial charge in [-0.25, -0.2) is 9.18 Å². The zero-order valence-corrected chi connectivity index (χ0v) is 7.07. The molecule has 3 nitrogen and oxygen atoms in total. The summed E-state index contributed by atoms with van der Waals surface area (Å²) in [5, 5.41) is 16.7. The molecule has 0 radical (unpaired) electrons. The maximum absolute atomic E-state index is 13.0. The van der Waals surface area contributed by atoms with E-state index in [4.69, 9.17) is 10.4 Å². The summed E-state index contributed by atoms with van der Waals surface area (Å²) in [6, 6.07) is 5.56. The maximum atomic E-state index is 13.0. The Morgan fingerprint density at radius 2 is 2.29 bits per heavy atom. The number of rotatable bonds is 2. The quantitative estimate of drug-likeness (QED) is 0.725. The summed E-state index contributed by atoms with van der Waals surface area (Å²) >= 11 is 0. The number of halogens is 1. The van der Waals surface area contributed by atoms with Crippen LogP contribution in [0, 0.1) is 17.1 Å². The lowest BCUT2D eigenvalue weighted by molar-refractivity contribution is -0.131. The molecule has 0 atom stereocenters. The van der Waals surface area contributed by atoms with Crippen molar-refractivity contribution in [2.45, 2.75) is 0 Å². The van der Waals surface area contributed by atoms with Gasteiger partial charge in [-0.2, -0.15) is 5.26 Å². The number of aliphatic carboxylic acids is 1. The Labute approximate surface area is 79.7 Å². The Kier molecular flexibility index (Phi) is 2.97. The van der Waals surface area contributed by atoms with Crippen molar-refractivity contribution < 1.29 is 14.3 Å². The zero-order chi connectivity index (χ0) is 10.6. The van der Waals surface area contributed by atoms with Crippen LogP contribution in [0.3, 0.4) is 0 Å². The molecule has 14 heavy (non-hydrogen) atoms. The van der Waals surface area contributed by atoms with Crippen molar-refractivity contribution in [1.29, 1.82) is 5.26 Å². The topological polar surface area (TPSA) is 61.1 Å². The van der Waals surface area contributed by atoms with E-state index in [0.717, 1.165) is 12.1 Å². The number of nitriles is 1. The minimum absolute atomic E-state index is 0.0579. The normalized spacial score (nSPS) is 10.0. The first-order valence-corrected chi connectivity index (χ1v) is 3.74. The predicted molar refractivity (Wildman–Crippen MR) is 47.8 cm³/mol. The molecular formula is C10H6FNO2. The number of carboxylic acids is 1. The SMILES string of the molecule is N#Cc1ccc(/C=C/C(=O)O)cc1F. The Balaban J connectivity index is 2.99. The van der Waals surface area contributed by atoms with E-state index in [-0.39, 0.29) is 5.56 Å². The molecule has 0 saturated carbocycles. The van der Waals surface area contributed by atoms with Gasteiger partial charge in [0.25, 0.3) is 0 Å². The Morgan fingerprint density at radius 1 is 1.57 bits per heavy atom. The van der Waals surface area contributed by atoms with Crippen LogP contribution in [-0.2, 0) is 4.79 Å². The fourth-order valence-electron chi connectivity index (χ4n) is 0.893. The molecule has 4 heteroatoms. The van der Waals surface area contributed by atoms with Crippen LogP contribution < -0.4 is 0 Å². The molecule has 0 aliphatic rings. The molecule has 70 valence electrons. The minimum Gasteiger partial charge on any atom is -0.478 e. The van der Waals surface area contributed by atoms with Crippen LogP contribution in [-0.4, -0.2) is 11.1 Å². The van der Waals surface area contributed by atoms with Crippen molar-refractivity contribution in [2.75, 3.05) is 0 Å². The Hall–Kier alpha value is -2.15. The molecule has 0 bridgehead atoms. The van der Waals surface area contributed by atoms with Crippen molar-refractivity contribution in [3.05, 3.63) is 41.2 Å². The highest BCUT2D eigenvalue weighted by molar-refractivity contribution is 5.85. The van der Waals surface area contributed by atoms with Crippen LogP contribution in [0.15, 0.2) is 24.3 Å². The van der Waals surface area contributed by atoms with Crippen LogP contribution >= 0.6 is 0 Å². The van der Waals surface area contributed by atoms with Gasteiger partial charge in [0.1, 0.15) is 11.9 Å². The molecule has 0 aromatic heterocycles. The van der Waals surface area contributed by atoms with Gasteiger partial charge >= 0.3 is 5.97 Å². The van der Waals surface area contributed by atoms with E-state index in [1.165, 1.54) is 18.2 Å². The summed E-state index contributed by atoms with van der Waals surface area (Å²) in [7, 11) is 0. The fraction of sp³-hybridized carbons (Fsp3) is 0. The van der Waals surface area contributed by atoms with Gasteiger partial charge in [0, 0.05) is 6.08 Å². The van der Waals surface area contributed by atoms with Gasteiger partial charge in [-0.3, -0.25) is 0 Å². The number of benzene rings is 1. The second-order valence-corrected chi connectivity index (χ2v) is 2.52. The lowest BCUT2D eigenvalue weighted by atomic mass is 10.1. The molecule has 1 N–H and O–H groups in total. The first-order chi connectivity index (χ1) is 6.63. The minimum atomic E-state index is -1.10. The van der Waals surface area contributed by atoms with Crippen molar-refractivity contribution in [1.82, 2.24) is 0 Å². The zero-order valence-electron chi connectivity index (χ0n) is 7.07. The van der Waals surface area contributed by atoms with E-state index >= 15 is 0 Å². The molecule has 0 aliphatic carbocycles. The lowest BCUT2D eigenvalue weighted by Gasteiger charge is -1.94. The second kappa shape index (κ2) is 4.19. The lowest BCUT2D eigenvalue weighted by Crippen LogP contribution is -1.87. The first kappa shape index (κ1) is 9.93. The van der Waals surface area contributed by atoms with Crippen LogP contribution in [0.25, 0.3) is 6.08 Å². The average Bonchev–Trinajstić information content (AvgIpc) is 2.15. The van der Waals surface area contributed by atoms with Crippen molar-refractivity contribution in [3.8, 4) is 6.07 Å². The smallest absolute Gasteiger partial charge is 0.328 e. The summed E-state index contributed by atoms with van der Waals surface area (Å²) in [4.78, 5) is 10.1. The third-order valence-corrected chi connectivity index (χ3v) is 1.53. The highest BCUT2D eigenvalue weighted by Crippen LogP contribution is 2.10. The highest BCUT2D eigenvalue weighted by Gasteiger charge is 2.00. The summed E-state index contributed by atoms with van der Waals surface area (Å²) in [5.41, 5.74) is 0.348. The van der Waals surface area contributed by atoms with Crippen LogP contribution in [0.5, 0.6) is 0 Å². The average molecular weight is 191 g/mol. The number of carboxylic acid groups (broad SMARTS) is 1. The van der Waals surface area contributed by atoms with E-state index in [2.05, 4.69) is 0 Å². The maximum Gasteiger partial charge on any atom is 0.328 e.